The molecule has 6 rings (SSSR count). The van der Waals surface area contributed by atoms with E-state index in [2.05, 4.69) is 71.2 Å². The zero-order chi connectivity index (χ0) is 22.5. The normalized spacial score (nSPS) is 19.4. The standard InChI is InChI=1S/C29H28N2O2/c1-30-23-13-7-15-25(32)28(23)27(29-24(30)14-8-16-26(29)33)21-18-31(17-19-9-3-2-4-10-19)22-12-6-5-11-20(21)22/h2-6,9-12,18,27H,7-8,13-17H2,1H3. The van der Waals surface area contributed by atoms with E-state index >= 15 is 0 Å². The third-order valence-electron chi connectivity index (χ3n) is 7.57. The molecule has 4 heteroatoms. The van der Waals surface area contributed by atoms with Gasteiger partial charge in [0.25, 0.3) is 0 Å². The molecule has 3 aromatic rings. The Hall–Kier alpha value is -3.40. The molecule has 0 spiro atoms. The van der Waals surface area contributed by atoms with Gasteiger partial charge in [-0.2, -0.15) is 0 Å². The summed E-state index contributed by atoms with van der Waals surface area (Å²) in [5.74, 6) is 0.157. The summed E-state index contributed by atoms with van der Waals surface area (Å²) in [5, 5.41) is 1.14. The second kappa shape index (κ2) is 7.87. The molecule has 0 fully saturated rings. The van der Waals surface area contributed by atoms with E-state index in [-0.39, 0.29) is 17.5 Å². The zero-order valence-corrected chi connectivity index (χ0v) is 19.0. The summed E-state index contributed by atoms with van der Waals surface area (Å²) in [4.78, 5) is 28.9. The quantitative estimate of drug-likeness (QED) is 0.526. The molecule has 0 amide bonds. The number of carbonyl (C=O) groups is 2. The van der Waals surface area contributed by atoms with Crippen LogP contribution in [0.1, 0.15) is 55.6 Å². The second-order valence-corrected chi connectivity index (χ2v) is 9.48. The van der Waals surface area contributed by atoms with Gasteiger partial charge in [0.15, 0.2) is 11.6 Å². The molecule has 4 nitrogen and oxygen atoms in total. The minimum atomic E-state index is -0.256. The number of aromatic nitrogens is 1. The summed E-state index contributed by atoms with van der Waals surface area (Å²) < 4.78 is 2.28. The van der Waals surface area contributed by atoms with Crippen molar-refractivity contribution in [1.29, 1.82) is 0 Å². The summed E-state index contributed by atoms with van der Waals surface area (Å²) >= 11 is 0. The van der Waals surface area contributed by atoms with Crippen LogP contribution in [0.5, 0.6) is 0 Å². The number of para-hydroxylation sites is 1. The molecule has 33 heavy (non-hydrogen) atoms. The lowest BCUT2D eigenvalue weighted by atomic mass is 9.71. The van der Waals surface area contributed by atoms with E-state index in [0.29, 0.717) is 12.8 Å². The van der Waals surface area contributed by atoms with E-state index in [0.717, 1.165) is 71.2 Å². The number of Topliss-reactive ketones (excluding diaryl/α,β-unsaturated/α-hetero) is 2. The van der Waals surface area contributed by atoms with Crippen LogP contribution in [0.4, 0.5) is 0 Å². The molecule has 0 atom stereocenters. The molecule has 1 aromatic heterocycles. The fourth-order valence-electron chi connectivity index (χ4n) is 6.08. The van der Waals surface area contributed by atoms with Crippen LogP contribution in [-0.4, -0.2) is 28.1 Å². The SMILES string of the molecule is CN1C2=C(C(=O)CCC2)C(c2cn(Cc3ccccc3)c3ccccc23)C2=C1CCCC2=O. The van der Waals surface area contributed by atoms with Gasteiger partial charge < -0.3 is 9.47 Å². The van der Waals surface area contributed by atoms with E-state index in [1.807, 2.05) is 6.07 Å². The van der Waals surface area contributed by atoms with Crippen molar-refractivity contribution in [2.24, 2.45) is 0 Å². The Morgan fingerprint density at radius 1 is 0.788 bits per heavy atom. The van der Waals surface area contributed by atoms with Crippen LogP contribution in [-0.2, 0) is 16.1 Å². The Balaban J connectivity index is 1.58. The van der Waals surface area contributed by atoms with Crippen LogP contribution in [0.25, 0.3) is 10.9 Å². The summed E-state index contributed by atoms with van der Waals surface area (Å²) in [7, 11) is 2.05. The number of nitrogens with zero attached hydrogens (tertiary/aromatic N) is 2. The lowest BCUT2D eigenvalue weighted by molar-refractivity contribution is -0.117. The first-order valence-corrected chi connectivity index (χ1v) is 12.0. The average Bonchev–Trinajstić information content (AvgIpc) is 3.19. The molecule has 2 heterocycles. The highest BCUT2D eigenvalue weighted by molar-refractivity contribution is 6.07. The number of carbonyl (C=O) groups excluding carboxylic acids is 2. The summed E-state index contributed by atoms with van der Waals surface area (Å²) in [6.45, 7) is 0.758. The van der Waals surface area contributed by atoms with Gasteiger partial charge in [-0.15, -0.1) is 0 Å². The van der Waals surface area contributed by atoms with E-state index < -0.39 is 0 Å². The van der Waals surface area contributed by atoms with Gasteiger partial charge in [0, 0.05) is 72.0 Å². The third kappa shape index (κ3) is 3.19. The predicted octanol–water partition coefficient (Wildman–Crippen LogP) is 5.73. The van der Waals surface area contributed by atoms with E-state index in [4.69, 9.17) is 0 Å². The van der Waals surface area contributed by atoms with Gasteiger partial charge in [0.05, 0.1) is 0 Å². The Morgan fingerprint density at radius 3 is 2.06 bits per heavy atom. The van der Waals surface area contributed by atoms with Gasteiger partial charge in [-0.3, -0.25) is 9.59 Å². The molecule has 3 aliphatic rings. The molecule has 2 aromatic carbocycles. The maximum Gasteiger partial charge on any atom is 0.161 e. The van der Waals surface area contributed by atoms with Crippen molar-refractivity contribution in [2.45, 2.75) is 51.0 Å². The van der Waals surface area contributed by atoms with E-state index in [1.165, 1.54) is 5.56 Å². The highest BCUT2D eigenvalue weighted by Gasteiger charge is 2.43. The topological polar surface area (TPSA) is 42.3 Å². The number of ketones is 2. The smallest absolute Gasteiger partial charge is 0.161 e. The van der Waals surface area contributed by atoms with E-state index in [1.54, 1.807) is 0 Å². The zero-order valence-electron chi connectivity index (χ0n) is 19.0. The highest BCUT2D eigenvalue weighted by Crippen LogP contribution is 2.50. The number of fused-ring (bicyclic) bond motifs is 1. The molecule has 0 N–H and O–H groups in total. The summed E-state index contributed by atoms with van der Waals surface area (Å²) in [6.07, 6.45) is 6.93. The number of allylic oxidation sites excluding steroid dienone is 4. The maximum absolute atomic E-state index is 13.3. The third-order valence-corrected chi connectivity index (χ3v) is 7.57. The number of hydrogen-bond donors (Lipinski definition) is 0. The first-order valence-electron chi connectivity index (χ1n) is 12.0. The highest BCUT2D eigenvalue weighted by atomic mass is 16.1. The van der Waals surface area contributed by atoms with Crippen molar-refractivity contribution in [3.63, 3.8) is 0 Å². The molecule has 0 saturated heterocycles. The number of benzene rings is 2. The number of rotatable bonds is 3. The lowest BCUT2D eigenvalue weighted by Gasteiger charge is -2.42. The molecule has 0 unspecified atom stereocenters. The predicted molar refractivity (Wildman–Crippen MR) is 130 cm³/mol. The van der Waals surface area contributed by atoms with Crippen molar-refractivity contribution in [3.8, 4) is 0 Å². The monoisotopic (exact) mass is 436 g/mol. The molecule has 2 aliphatic carbocycles. The van der Waals surface area contributed by atoms with Gasteiger partial charge in [0.2, 0.25) is 0 Å². The number of hydrogen-bond acceptors (Lipinski definition) is 3. The Kier molecular flexibility index (Phi) is 4.83. The Labute approximate surface area is 194 Å². The van der Waals surface area contributed by atoms with Crippen molar-refractivity contribution in [1.82, 2.24) is 9.47 Å². The summed E-state index contributed by atoms with van der Waals surface area (Å²) in [6, 6.07) is 18.9. The van der Waals surface area contributed by atoms with Crippen LogP contribution < -0.4 is 0 Å². The van der Waals surface area contributed by atoms with Crippen molar-refractivity contribution < 1.29 is 9.59 Å². The molecular weight excluding hydrogens is 408 g/mol. The first-order chi connectivity index (χ1) is 16.1. The van der Waals surface area contributed by atoms with Crippen molar-refractivity contribution >= 4 is 22.5 Å². The second-order valence-electron chi connectivity index (χ2n) is 9.48. The minimum Gasteiger partial charge on any atom is -0.351 e. The molecule has 166 valence electrons. The lowest BCUT2D eigenvalue weighted by Crippen LogP contribution is -2.37. The minimum absolute atomic E-state index is 0.206. The summed E-state index contributed by atoms with van der Waals surface area (Å²) in [5.41, 5.74) is 7.46. The van der Waals surface area contributed by atoms with Crippen LogP contribution >= 0.6 is 0 Å². The van der Waals surface area contributed by atoms with Crippen LogP contribution in [0.15, 0.2) is 83.3 Å². The van der Waals surface area contributed by atoms with Gasteiger partial charge in [-0.1, -0.05) is 48.5 Å². The largest absolute Gasteiger partial charge is 0.351 e. The molecule has 0 saturated carbocycles. The van der Waals surface area contributed by atoms with Gasteiger partial charge in [-0.05, 0) is 42.9 Å². The maximum atomic E-state index is 13.3. The molecular formula is C29H28N2O2. The van der Waals surface area contributed by atoms with Crippen molar-refractivity contribution in [3.05, 3.63) is 94.5 Å². The van der Waals surface area contributed by atoms with E-state index in [9.17, 15) is 9.59 Å². The average molecular weight is 437 g/mol. The fourth-order valence-corrected chi connectivity index (χ4v) is 6.08. The van der Waals surface area contributed by atoms with Gasteiger partial charge >= 0.3 is 0 Å². The van der Waals surface area contributed by atoms with Gasteiger partial charge in [0.1, 0.15) is 0 Å². The van der Waals surface area contributed by atoms with Crippen LogP contribution in [0.2, 0.25) is 0 Å². The molecule has 0 radical (unpaired) electrons. The Morgan fingerprint density at radius 2 is 1.39 bits per heavy atom. The van der Waals surface area contributed by atoms with Gasteiger partial charge in [-0.25, -0.2) is 0 Å². The first kappa shape index (κ1) is 20.2. The Bertz CT molecular complexity index is 1300. The molecule has 1 aliphatic heterocycles. The van der Waals surface area contributed by atoms with Crippen LogP contribution in [0.3, 0.4) is 0 Å². The fraction of sp³-hybridized carbons (Fsp3) is 0.310. The van der Waals surface area contributed by atoms with Crippen LogP contribution in [0, 0.1) is 0 Å². The molecule has 0 bridgehead atoms. The van der Waals surface area contributed by atoms with Crippen molar-refractivity contribution in [2.75, 3.05) is 7.05 Å².